The second-order valence-electron chi connectivity index (χ2n) is 7.19. The van der Waals surface area contributed by atoms with Crippen molar-refractivity contribution in [1.29, 1.82) is 0 Å². The van der Waals surface area contributed by atoms with Crippen molar-refractivity contribution in [3.05, 3.63) is 12.2 Å². The first-order chi connectivity index (χ1) is 13.0. The highest BCUT2D eigenvalue weighted by Crippen LogP contribution is 2.31. The number of hydrogen-bond donors (Lipinski definition) is 2. The Morgan fingerprint density at radius 1 is 1.33 bits per heavy atom. The Morgan fingerprint density at radius 3 is 2.81 bits per heavy atom. The molecule has 0 heterocycles. The predicted molar refractivity (Wildman–Crippen MR) is 105 cm³/mol. The van der Waals surface area contributed by atoms with Gasteiger partial charge < -0.3 is 14.9 Å². The Labute approximate surface area is 163 Å². The van der Waals surface area contributed by atoms with Crippen LogP contribution in [0.4, 0.5) is 0 Å². The van der Waals surface area contributed by atoms with Crippen LogP contribution < -0.4 is 0 Å². The maximum atomic E-state index is 12.3. The van der Waals surface area contributed by atoms with Crippen molar-refractivity contribution in [2.24, 2.45) is 11.8 Å². The molecule has 1 aliphatic rings. The Hall–Kier alpha value is -1.64. The predicted octanol–water partition coefficient (Wildman–Crippen LogP) is 3.18. The summed E-state index contributed by atoms with van der Waals surface area (Å²) in [4.78, 5) is 23.4. The third-order valence-electron chi connectivity index (χ3n) is 5.03. The summed E-state index contributed by atoms with van der Waals surface area (Å²) >= 11 is 0. The third kappa shape index (κ3) is 9.21. The Bertz CT molecular complexity index is 543. The van der Waals surface area contributed by atoms with Crippen molar-refractivity contribution >= 4 is 11.8 Å². The zero-order valence-electron chi connectivity index (χ0n) is 16.7. The second-order valence-corrected chi connectivity index (χ2v) is 7.19. The zero-order chi connectivity index (χ0) is 20.1. The summed E-state index contributed by atoms with van der Waals surface area (Å²) in [5.74, 6) is 5.28. The normalized spacial score (nSPS) is 23.7. The molecule has 0 aromatic rings. The number of carbonyl (C=O) groups excluding carboxylic acids is 2. The van der Waals surface area contributed by atoms with Crippen LogP contribution in [0.15, 0.2) is 12.2 Å². The standard InChI is InChI=1S/C22H34O5/c1-3-4-7-10-17(23)13-14-19-18(20(24)15-16-21(19)25)11-8-5-6-9-12-22(26)27-2/h13-14,17-19,21,23,25H,3-4,6-7,9-12,15-16H2,1-2H3/b14-13+/t17-,18+,19+,21+/m0/s1. The average Bonchev–Trinajstić information content (AvgIpc) is 2.66. The maximum absolute atomic E-state index is 12.3. The van der Waals surface area contributed by atoms with Gasteiger partial charge in [-0.15, -0.1) is 11.8 Å². The molecule has 0 aliphatic heterocycles. The number of unbranched alkanes of at least 4 members (excludes halogenated alkanes) is 3. The van der Waals surface area contributed by atoms with Gasteiger partial charge in [0, 0.05) is 37.5 Å². The number of ether oxygens (including phenoxy) is 1. The van der Waals surface area contributed by atoms with E-state index < -0.39 is 12.2 Å². The Kier molecular flexibility index (Phi) is 11.7. The molecule has 0 unspecified atom stereocenters. The summed E-state index contributed by atoms with van der Waals surface area (Å²) in [6.45, 7) is 2.12. The zero-order valence-corrected chi connectivity index (χ0v) is 16.7. The average molecular weight is 379 g/mol. The number of aliphatic hydroxyl groups excluding tert-OH is 2. The minimum Gasteiger partial charge on any atom is -0.469 e. The molecule has 0 aromatic carbocycles. The van der Waals surface area contributed by atoms with E-state index >= 15 is 0 Å². The molecule has 1 saturated carbocycles. The van der Waals surface area contributed by atoms with Crippen LogP contribution in [0.3, 0.4) is 0 Å². The lowest BCUT2D eigenvalue weighted by Gasteiger charge is -2.31. The summed E-state index contributed by atoms with van der Waals surface area (Å²) in [6, 6.07) is 0. The molecule has 5 nitrogen and oxygen atoms in total. The maximum Gasteiger partial charge on any atom is 0.305 e. The molecule has 0 aromatic heterocycles. The van der Waals surface area contributed by atoms with Crippen molar-refractivity contribution < 1.29 is 24.5 Å². The summed E-state index contributed by atoms with van der Waals surface area (Å²) in [5.41, 5.74) is 0. The van der Waals surface area contributed by atoms with Crippen molar-refractivity contribution in [3.63, 3.8) is 0 Å². The largest absolute Gasteiger partial charge is 0.469 e. The topological polar surface area (TPSA) is 83.8 Å². The van der Waals surface area contributed by atoms with Gasteiger partial charge in [-0.25, -0.2) is 0 Å². The highest BCUT2D eigenvalue weighted by Gasteiger charge is 2.35. The smallest absolute Gasteiger partial charge is 0.305 e. The fourth-order valence-electron chi connectivity index (χ4n) is 3.31. The fourth-order valence-corrected chi connectivity index (χ4v) is 3.31. The van der Waals surface area contributed by atoms with Crippen LogP contribution in [0.25, 0.3) is 0 Å². The van der Waals surface area contributed by atoms with Crippen LogP contribution in [0.5, 0.6) is 0 Å². The number of rotatable bonds is 10. The van der Waals surface area contributed by atoms with E-state index in [0.29, 0.717) is 44.9 Å². The van der Waals surface area contributed by atoms with E-state index in [-0.39, 0.29) is 23.6 Å². The molecule has 0 amide bonds. The van der Waals surface area contributed by atoms with Crippen LogP contribution >= 0.6 is 0 Å². The van der Waals surface area contributed by atoms with E-state index in [2.05, 4.69) is 23.5 Å². The molecule has 0 spiro atoms. The first-order valence-corrected chi connectivity index (χ1v) is 10.1. The number of Topliss-reactive ketones (excluding diaryl/α,β-unsaturated/α-hetero) is 1. The monoisotopic (exact) mass is 378 g/mol. The first-order valence-electron chi connectivity index (χ1n) is 10.1. The fraction of sp³-hybridized carbons (Fsp3) is 0.727. The third-order valence-corrected chi connectivity index (χ3v) is 5.03. The van der Waals surface area contributed by atoms with Gasteiger partial charge in [-0.1, -0.05) is 38.3 Å². The summed E-state index contributed by atoms with van der Waals surface area (Å²) in [6.07, 6.45) is 9.06. The van der Waals surface area contributed by atoms with Gasteiger partial charge in [0.1, 0.15) is 5.78 Å². The van der Waals surface area contributed by atoms with Crippen LogP contribution in [-0.4, -0.2) is 41.3 Å². The first kappa shape index (κ1) is 23.4. The molecule has 0 radical (unpaired) electrons. The van der Waals surface area contributed by atoms with E-state index in [9.17, 15) is 19.8 Å². The molecule has 1 rings (SSSR count). The molecule has 27 heavy (non-hydrogen) atoms. The van der Waals surface area contributed by atoms with E-state index in [1.54, 1.807) is 6.08 Å². The van der Waals surface area contributed by atoms with Gasteiger partial charge in [0.2, 0.25) is 0 Å². The molecule has 0 saturated heterocycles. The van der Waals surface area contributed by atoms with Gasteiger partial charge in [-0.3, -0.25) is 9.59 Å². The summed E-state index contributed by atoms with van der Waals surface area (Å²) in [5, 5.41) is 20.4. The van der Waals surface area contributed by atoms with E-state index in [1.807, 2.05) is 6.08 Å². The molecule has 4 atom stereocenters. The molecule has 1 fully saturated rings. The van der Waals surface area contributed by atoms with Crippen LogP contribution in [-0.2, 0) is 14.3 Å². The quantitative estimate of drug-likeness (QED) is 0.264. The minimum absolute atomic E-state index is 0.124. The number of hydrogen-bond acceptors (Lipinski definition) is 5. The van der Waals surface area contributed by atoms with Crippen molar-refractivity contribution in [3.8, 4) is 11.8 Å². The Balaban J connectivity index is 2.57. The minimum atomic E-state index is -0.576. The molecule has 0 bridgehead atoms. The van der Waals surface area contributed by atoms with Crippen molar-refractivity contribution in [2.45, 2.75) is 83.3 Å². The number of aliphatic hydroxyl groups is 2. The van der Waals surface area contributed by atoms with Crippen LogP contribution in [0.2, 0.25) is 0 Å². The lowest BCUT2D eigenvalue weighted by molar-refractivity contribution is -0.140. The van der Waals surface area contributed by atoms with Crippen LogP contribution in [0.1, 0.15) is 71.1 Å². The number of methoxy groups -OCH3 is 1. The van der Waals surface area contributed by atoms with Gasteiger partial charge >= 0.3 is 5.97 Å². The highest BCUT2D eigenvalue weighted by atomic mass is 16.5. The van der Waals surface area contributed by atoms with Gasteiger partial charge in [0.15, 0.2) is 0 Å². The van der Waals surface area contributed by atoms with Crippen molar-refractivity contribution in [1.82, 2.24) is 0 Å². The molecular formula is C22H34O5. The lowest BCUT2D eigenvalue weighted by Crippen LogP contribution is -2.37. The van der Waals surface area contributed by atoms with Gasteiger partial charge in [0.25, 0.3) is 0 Å². The molecule has 2 N–H and O–H groups in total. The van der Waals surface area contributed by atoms with E-state index in [4.69, 9.17) is 0 Å². The molecule has 152 valence electrons. The summed E-state index contributed by atoms with van der Waals surface area (Å²) in [7, 11) is 1.36. The SMILES string of the molecule is CCCCC[C@H](O)/C=C/[C@H]1[C@H](O)CCC(=O)[C@@H]1CC#CCCCC(=O)OC. The van der Waals surface area contributed by atoms with Gasteiger partial charge in [-0.2, -0.15) is 0 Å². The lowest BCUT2D eigenvalue weighted by atomic mass is 9.74. The van der Waals surface area contributed by atoms with E-state index in [1.165, 1.54) is 7.11 Å². The van der Waals surface area contributed by atoms with Crippen LogP contribution in [0, 0.1) is 23.7 Å². The second kappa shape index (κ2) is 13.5. The highest BCUT2D eigenvalue weighted by molar-refractivity contribution is 5.82. The summed E-state index contributed by atoms with van der Waals surface area (Å²) < 4.78 is 4.58. The number of carbonyl (C=O) groups is 2. The molecule has 1 aliphatic carbocycles. The number of esters is 1. The molecular weight excluding hydrogens is 344 g/mol. The number of ketones is 1. The van der Waals surface area contributed by atoms with Gasteiger partial charge in [0.05, 0.1) is 19.3 Å². The van der Waals surface area contributed by atoms with E-state index in [0.717, 1.165) is 19.3 Å². The Morgan fingerprint density at radius 2 is 2.11 bits per heavy atom. The van der Waals surface area contributed by atoms with Gasteiger partial charge in [-0.05, 0) is 19.3 Å². The van der Waals surface area contributed by atoms with Crippen molar-refractivity contribution in [2.75, 3.05) is 7.11 Å². The molecule has 5 heteroatoms.